The zero-order chi connectivity index (χ0) is 41.5. The first-order chi connectivity index (χ1) is 28.0. The van der Waals surface area contributed by atoms with Crippen LogP contribution in [0.2, 0.25) is 0 Å². The molecule has 0 aliphatic carbocycles. The van der Waals surface area contributed by atoms with Gasteiger partial charge < -0.3 is 14.2 Å². The molecule has 0 aromatic heterocycles. The molecule has 0 aromatic rings. The molecule has 0 fully saturated rings. The minimum atomic E-state index is -0.778. The maximum absolute atomic E-state index is 12.7. The van der Waals surface area contributed by atoms with E-state index in [-0.39, 0.29) is 31.1 Å². The van der Waals surface area contributed by atoms with Gasteiger partial charge in [-0.05, 0) is 83.5 Å². The summed E-state index contributed by atoms with van der Waals surface area (Å²) in [5.41, 5.74) is 0. The summed E-state index contributed by atoms with van der Waals surface area (Å²) in [4.78, 5) is 37.6. The molecule has 0 heterocycles. The van der Waals surface area contributed by atoms with Crippen molar-refractivity contribution in [3.05, 3.63) is 48.6 Å². The highest BCUT2D eigenvalue weighted by Gasteiger charge is 2.19. The molecular weight excluding hydrogens is 709 g/mol. The average molecular weight is 799 g/mol. The van der Waals surface area contributed by atoms with Crippen molar-refractivity contribution in [1.29, 1.82) is 0 Å². The number of hydrogen-bond donors (Lipinski definition) is 0. The van der Waals surface area contributed by atoms with Gasteiger partial charge in [-0.2, -0.15) is 0 Å². The second kappa shape index (κ2) is 46.1. The molecule has 0 N–H and O–H groups in total. The van der Waals surface area contributed by atoms with E-state index in [0.717, 1.165) is 96.3 Å². The molecule has 0 saturated heterocycles. The number of rotatable bonds is 43. The van der Waals surface area contributed by atoms with E-state index in [1.165, 1.54) is 103 Å². The summed E-state index contributed by atoms with van der Waals surface area (Å²) in [6.45, 7) is 6.52. The van der Waals surface area contributed by atoms with Crippen LogP contribution in [-0.2, 0) is 28.6 Å². The molecule has 1 unspecified atom stereocenters. The number of unbranched alkanes of at least 4 members (excludes halogenated alkanes) is 24. The minimum Gasteiger partial charge on any atom is -0.462 e. The second-order valence-electron chi connectivity index (χ2n) is 16.0. The van der Waals surface area contributed by atoms with Gasteiger partial charge in [0.05, 0.1) is 0 Å². The highest BCUT2D eigenvalue weighted by atomic mass is 16.6. The van der Waals surface area contributed by atoms with Gasteiger partial charge in [0.2, 0.25) is 0 Å². The fourth-order valence-electron chi connectivity index (χ4n) is 6.62. The van der Waals surface area contributed by atoms with Crippen LogP contribution in [-0.4, -0.2) is 37.2 Å². The van der Waals surface area contributed by atoms with Gasteiger partial charge in [-0.1, -0.05) is 185 Å². The Kier molecular flexibility index (Phi) is 43.9. The summed E-state index contributed by atoms with van der Waals surface area (Å²) >= 11 is 0. The van der Waals surface area contributed by atoms with Crippen molar-refractivity contribution >= 4 is 17.9 Å². The van der Waals surface area contributed by atoms with E-state index in [1.54, 1.807) is 0 Å². The molecule has 0 bridgehead atoms. The first-order valence-electron chi connectivity index (χ1n) is 24.1. The zero-order valence-electron chi connectivity index (χ0n) is 37.6. The van der Waals surface area contributed by atoms with Crippen molar-refractivity contribution in [3.63, 3.8) is 0 Å². The van der Waals surface area contributed by atoms with Crippen LogP contribution in [0.5, 0.6) is 0 Å². The summed E-state index contributed by atoms with van der Waals surface area (Å²) in [6.07, 6.45) is 53.9. The fourth-order valence-corrected chi connectivity index (χ4v) is 6.62. The van der Waals surface area contributed by atoms with Crippen LogP contribution in [0.1, 0.15) is 239 Å². The van der Waals surface area contributed by atoms with Gasteiger partial charge in [0, 0.05) is 19.3 Å². The van der Waals surface area contributed by atoms with Crippen molar-refractivity contribution in [3.8, 4) is 0 Å². The van der Waals surface area contributed by atoms with Crippen molar-refractivity contribution < 1.29 is 28.6 Å². The molecule has 0 aliphatic rings. The Hall–Kier alpha value is -2.63. The Morgan fingerprint density at radius 2 is 0.632 bits per heavy atom. The molecule has 0 rings (SSSR count). The van der Waals surface area contributed by atoms with Crippen LogP contribution in [0, 0.1) is 0 Å². The number of allylic oxidation sites excluding steroid dienone is 8. The number of carbonyl (C=O) groups excluding carboxylic acids is 3. The lowest BCUT2D eigenvalue weighted by atomic mass is 10.1. The smallest absolute Gasteiger partial charge is 0.306 e. The average Bonchev–Trinajstić information content (AvgIpc) is 3.21. The lowest BCUT2D eigenvalue weighted by molar-refractivity contribution is -0.167. The maximum atomic E-state index is 12.7. The largest absolute Gasteiger partial charge is 0.462 e. The van der Waals surface area contributed by atoms with Gasteiger partial charge in [-0.3, -0.25) is 14.4 Å². The summed E-state index contributed by atoms with van der Waals surface area (Å²) in [7, 11) is 0. The molecule has 1 atom stereocenters. The van der Waals surface area contributed by atoms with E-state index in [2.05, 4.69) is 69.4 Å². The number of carbonyl (C=O) groups is 3. The van der Waals surface area contributed by atoms with Crippen LogP contribution in [0.25, 0.3) is 0 Å². The van der Waals surface area contributed by atoms with Gasteiger partial charge in [-0.15, -0.1) is 0 Å². The molecule has 330 valence electrons. The van der Waals surface area contributed by atoms with Crippen LogP contribution >= 0.6 is 0 Å². The summed E-state index contributed by atoms with van der Waals surface area (Å²) in [6, 6.07) is 0. The molecular formula is C51H90O6. The van der Waals surface area contributed by atoms with Crippen molar-refractivity contribution in [2.24, 2.45) is 0 Å². The van der Waals surface area contributed by atoms with Crippen LogP contribution in [0.4, 0.5) is 0 Å². The number of ether oxygens (including phenoxy) is 3. The van der Waals surface area contributed by atoms with Gasteiger partial charge in [-0.25, -0.2) is 0 Å². The van der Waals surface area contributed by atoms with Gasteiger partial charge in [0.15, 0.2) is 6.10 Å². The monoisotopic (exact) mass is 799 g/mol. The Morgan fingerprint density at radius 1 is 0.351 bits per heavy atom. The third-order valence-corrected chi connectivity index (χ3v) is 10.3. The van der Waals surface area contributed by atoms with Crippen molar-refractivity contribution in [2.45, 2.75) is 245 Å². The molecule has 6 nitrogen and oxygen atoms in total. The highest BCUT2D eigenvalue weighted by molar-refractivity contribution is 5.71. The summed E-state index contributed by atoms with van der Waals surface area (Å²) in [5, 5.41) is 0. The molecule has 0 radical (unpaired) electrons. The fraction of sp³-hybridized carbons (Fsp3) is 0.784. The highest BCUT2D eigenvalue weighted by Crippen LogP contribution is 2.13. The zero-order valence-corrected chi connectivity index (χ0v) is 37.6. The maximum Gasteiger partial charge on any atom is 0.306 e. The lowest BCUT2D eigenvalue weighted by Gasteiger charge is -2.18. The van der Waals surface area contributed by atoms with E-state index in [9.17, 15) is 14.4 Å². The normalized spacial score (nSPS) is 12.4. The molecule has 6 heteroatoms. The standard InChI is InChI=1S/C51H90O6/c1-4-7-10-13-16-18-20-22-24-26-28-29-31-33-35-38-41-44-50(53)56-47-48(46-55-49(52)43-40-37-15-12-9-6-3)57-51(54)45-42-39-36-34-32-30-27-25-23-21-19-17-14-11-8-5-2/h16,18-19,21-22,24-25,27,48H,4-15,17,20,23,26,28-47H2,1-3H3/b18-16-,21-19-,24-22-,27-25-. The van der Waals surface area contributed by atoms with E-state index < -0.39 is 6.10 Å². The van der Waals surface area contributed by atoms with E-state index >= 15 is 0 Å². The van der Waals surface area contributed by atoms with E-state index in [4.69, 9.17) is 14.2 Å². The first-order valence-corrected chi connectivity index (χ1v) is 24.1. The molecule has 0 aromatic carbocycles. The quantitative estimate of drug-likeness (QED) is 0.0265. The van der Waals surface area contributed by atoms with Crippen LogP contribution < -0.4 is 0 Å². The minimum absolute atomic E-state index is 0.0814. The first kappa shape index (κ1) is 54.4. The topological polar surface area (TPSA) is 78.9 Å². The number of esters is 3. The lowest BCUT2D eigenvalue weighted by Crippen LogP contribution is -2.30. The van der Waals surface area contributed by atoms with Gasteiger partial charge in [0.25, 0.3) is 0 Å². The van der Waals surface area contributed by atoms with Crippen LogP contribution in [0.15, 0.2) is 48.6 Å². The predicted molar refractivity (Wildman–Crippen MR) is 242 cm³/mol. The summed E-state index contributed by atoms with van der Waals surface area (Å²) < 4.78 is 16.7. The molecule has 0 aliphatic heterocycles. The van der Waals surface area contributed by atoms with Gasteiger partial charge in [0.1, 0.15) is 13.2 Å². The SMILES string of the molecule is CCCCC/C=C\C/C=C\CCCCCCCCCC(=O)OCC(COC(=O)CCCCCCCC)OC(=O)CCCCCCC/C=C\C/C=C\CCCCCC. The Bertz CT molecular complexity index is 1010. The number of hydrogen-bond acceptors (Lipinski definition) is 6. The third-order valence-electron chi connectivity index (χ3n) is 10.3. The molecule has 0 amide bonds. The Labute approximate surface area is 352 Å². The van der Waals surface area contributed by atoms with Gasteiger partial charge >= 0.3 is 17.9 Å². The predicted octanol–water partition coefficient (Wildman–Crippen LogP) is 15.5. The Balaban J connectivity index is 4.28. The second-order valence-corrected chi connectivity index (χ2v) is 16.0. The summed E-state index contributed by atoms with van der Waals surface area (Å²) in [5.74, 6) is -0.911. The van der Waals surface area contributed by atoms with Crippen LogP contribution in [0.3, 0.4) is 0 Å². The van der Waals surface area contributed by atoms with E-state index in [1.807, 2.05) is 0 Å². The molecule has 0 saturated carbocycles. The van der Waals surface area contributed by atoms with Crippen molar-refractivity contribution in [1.82, 2.24) is 0 Å². The molecule has 0 spiro atoms. The molecule has 57 heavy (non-hydrogen) atoms. The van der Waals surface area contributed by atoms with E-state index in [0.29, 0.717) is 19.3 Å². The third kappa shape index (κ3) is 44.3. The van der Waals surface area contributed by atoms with Crippen molar-refractivity contribution in [2.75, 3.05) is 13.2 Å². The Morgan fingerprint density at radius 3 is 1.02 bits per heavy atom.